The van der Waals surface area contributed by atoms with E-state index in [-0.39, 0.29) is 18.4 Å². The fourth-order valence-corrected chi connectivity index (χ4v) is 2.97. The summed E-state index contributed by atoms with van der Waals surface area (Å²) in [4.78, 5) is 39.9. The molecule has 0 aliphatic carbocycles. The van der Waals surface area contributed by atoms with Gasteiger partial charge < -0.3 is 9.64 Å². The maximum atomic E-state index is 12.5. The van der Waals surface area contributed by atoms with E-state index in [1.807, 2.05) is 18.2 Å². The number of carbonyl (C=O) groups is 3. The van der Waals surface area contributed by atoms with E-state index in [1.165, 1.54) is 16.7 Å². The standard InChI is InChI=1S/C21H20N2O4/c1-14-17-11-7-8-12-18(17)21(26)23(14)13-19(24)27-15(2)20(25)22(3)16-9-5-4-6-10-16/h4-12,15H,1,13H2,2-3H3. The first-order valence-corrected chi connectivity index (χ1v) is 8.52. The molecule has 0 spiro atoms. The molecule has 2 aromatic carbocycles. The molecule has 138 valence electrons. The molecule has 1 aliphatic rings. The van der Waals surface area contributed by atoms with Crippen LogP contribution in [0, 0.1) is 0 Å². The normalized spacial score (nSPS) is 13.9. The summed E-state index contributed by atoms with van der Waals surface area (Å²) < 4.78 is 5.25. The molecule has 1 heterocycles. The van der Waals surface area contributed by atoms with Gasteiger partial charge in [0.05, 0.1) is 0 Å². The third kappa shape index (κ3) is 3.60. The number of benzene rings is 2. The number of ether oxygens (including phenoxy) is 1. The molecule has 0 bridgehead atoms. The topological polar surface area (TPSA) is 66.9 Å². The summed E-state index contributed by atoms with van der Waals surface area (Å²) >= 11 is 0. The number of anilines is 1. The smallest absolute Gasteiger partial charge is 0.326 e. The Bertz CT molecular complexity index is 872. The summed E-state index contributed by atoms with van der Waals surface area (Å²) in [6.07, 6.45) is -0.976. The Kier molecular flexibility index (Phi) is 5.07. The molecule has 0 saturated carbocycles. The summed E-state index contributed by atoms with van der Waals surface area (Å²) in [5.41, 5.74) is 2.35. The van der Waals surface area contributed by atoms with Gasteiger partial charge in [0.25, 0.3) is 11.8 Å². The zero-order valence-corrected chi connectivity index (χ0v) is 15.2. The fraction of sp³-hybridized carbons (Fsp3) is 0.190. The largest absolute Gasteiger partial charge is 0.451 e. The van der Waals surface area contributed by atoms with Crippen LogP contribution >= 0.6 is 0 Å². The second-order valence-corrected chi connectivity index (χ2v) is 6.25. The van der Waals surface area contributed by atoms with Crippen LogP contribution < -0.4 is 4.90 Å². The molecule has 2 amide bonds. The average molecular weight is 364 g/mol. The summed E-state index contributed by atoms with van der Waals surface area (Å²) in [7, 11) is 1.62. The van der Waals surface area contributed by atoms with Gasteiger partial charge >= 0.3 is 5.97 Å². The molecular formula is C21H20N2O4. The highest BCUT2D eigenvalue weighted by atomic mass is 16.5. The Morgan fingerprint density at radius 2 is 1.67 bits per heavy atom. The van der Waals surface area contributed by atoms with E-state index in [4.69, 9.17) is 4.74 Å². The zero-order chi connectivity index (χ0) is 19.6. The van der Waals surface area contributed by atoms with Gasteiger partial charge in [-0.25, -0.2) is 0 Å². The highest BCUT2D eigenvalue weighted by Gasteiger charge is 2.33. The SMILES string of the molecule is C=C1c2ccccc2C(=O)N1CC(=O)OC(C)C(=O)N(C)c1ccccc1. The summed E-state index contributed by atoms with van der Waals surface area (Å²) in [5, 5.41) is 0. The van der Waals surface area contributed by atoms with Gasteiger partial charge in [-0.3, -0.25) is 19.3 Å². The van der Waals surface area contributed by atoms with Gasteiger partial charge in [-0.05, 0) is 25.1 Å². The highest BCUT2D eigenvalue weighted by Crippen LogP contribution is 2.30. The maximum absolute atomic E-state index is 12.5. The molecule has 0 aromatic heterocycles. The van der Waals surface area contributed by atoms with E-state index < -0.39 is 12.1 Å². The summed E-state index contributed by atoms with van der Waals surface area (Å²) in [5.74, 6) is -1.32. The molecule has 0 saturated heterocycles. The van der Waals surface area contributed by atoms with Crippen LogP contribution in [0.25, 0.3) is 5.70 Å². The minimum atomic E-state index is -0.976. The van der Waals surface area contributed by atoms with Gasteiger partial charge in [0.2, 0.25) is 0 Å². The van der Waals surface area contributed by atoms with E-state index in [9.17, 15) is 14.4 Å². The van der Waals surface area contributed by atoms with Crippen LogP contribution in [0.4, 0.5) is 5.69 Å². The molecule has 0 radical (unpaired) electrons. The minimum Gasteiger partial charge on any atom is -0.451 e. The van der Waals surface area contributed by atoms with Crippen LogP contribution in [0.1, 0.15) is 22.8 Å². The number of nitrogens with zero attached hydrogens (tertiary/aromatic N) is 2. The number of esters is 1. The molecular weight excluding hydrogens is 344 g/mol. The Morgan fingerprint density at radius 3 is 2.30 bits per heavy atom. The summed E-state index contributed by atoms with van der Waals surface area (Å²) in [6.45, 7) is 5.10. The van der Waals surface area contributed by atoms with Crippen molar-refractivity contribution < 1.29 is 19.1 Å². The first-order valence-electron chi connectivity index (χ1n) is 8.52. The number of amides is 2. The van der Waals surface area contributed by atoms with Gasteiger partial charge in [-0.1, -0.05) is 43.0 Å². The van der Waals surface area contributed by atoms with Gasteiger partial charge in [0.15, 0.2) is 6.10 Å². The Hall–Kier alpha value is -3.41. The number of para-hydroxylation sites is 1. The lowest BCUT2D eigenvalue weighted by Gasteiger charge is -2.23. The van der Waals surface area contributed by atoms with Gasteiger partial charge in [0, 0.05) is 29.6 Å². The van der Waals surface area contributed by atoms with Crippen molar-refractivity contribution in [3.05, 3.63) is 72.3 Å². The number of rotatable bonds is 5. The van der Waals surface area contributed by atoms with Gasteiger partial charge in [-0.2, -0.15) is 0 Å². The molecule has 0 N–H and O–H groups in total. The number of hydrogen-bond donors (Lipinski definition) is 0. The molecule has 3 rings (SSSR count). The van der Waals surface area contributed by atoms with Gasteiger partial charge in [-0.15, -0.1) is 0 Å². The van der Waals surface area contributed by atoms with Crippen molar-refractivity contribution in [1.82, 2.24) is 4.90 Å². The van der Waals surface area contributed by atoms with Crippen molar-refractivity contribution in [2.75, 3.05) is 18.5 Å². The quantitative estimate of drug-likeness (QED) is 0.765. The van der Waals surface area contributed by atoms with Crippen molar-refractivity contribution >= 4 is 29.2 Å². The first kappa shape index (κ1) is 18.4. The van der Waals surface area contributed by atoms with Crippen LogP contribution in [0.2, 0.25) is 0 Å². The van der Waals surface area contributed by atoms with E-state index in [0.717, 1.165) is 0 Å². The number of hydrogen-bond acceptors (Lipinski definition) is 4. The molecule has 6 heteroatoms. The lowest BCUT2D eigenvalue weighted by molar-refractivity contribution is -0.153. The van der Waals surface area contributed by atoms with Crippen LogP contribution in [-0.4, -0.2) is 42.4 Å². The van der Waals surface area contributed by atoms with Crippen molar-refractivity contribution in [3.63, 3.8) is 0 Å². The molecule has 2 aromatic rings. The van der Waals surface area contributed by atoms with Crippen LogP contribution in [0.3, 0.4) is 0 Å². The van der Waals surface area contributed by atoms with Crippen LogP contribution in [0.5, 0.6) is 0 Å². The van der Waals surface area contributed by atoms with Crippen LogP contribution in [0.15, 0.2) is 61.2 Å². The summed E-state index contributed by atoms with van der Waals surface area (Å²) in [6, 6.07) is 16.1. The predicted octanol–water partition coefficient (Wildman–Crippen LogP) is 2.71. The molecule has 27 heavy (non-hydrogen) atoms. The van der Waals surface area contributed by atoms with Crippen molar-refractivity contribution in [2.45, 2.75) is 13.0 Å². The monoisotopic (exact) mass is 364 g/mol. The number of carbonyl (C=O) groups excluding carboxylic acids is 3. The number of likely N-dealkylation sites (N-methyl/N-ethyl adjacent to an activating group) is 1. The van der Waals surface area contributed by atoms with E-state index >= 15 is 0 Å². The Labute approximate surface area is 157 Å². The highest BCUT2D eigenvalue weighted by molar-refractivity contribution is 6.10. The minimum absolute atomic E-state index is 0.293. The average Bonchev–Trinajstić information content (AvgIpc) is 2.92. The zero-order valence-electron chi connectivity index (χ0n) is 15.2. The number of fused-ring (bicyclic) bond motifs is 1. The second kappa shape index (κ2) is 7.45. The van der Waals surface area contributed by atoms with E-state index in [0.29, 0.717) is 22.5 Å². The predicted molar refractivity (Wildman–Crippen MR) is 102 cm³/mol. The van der Waals surface area contributed by atoms with Crippen molar-refractivity contribution in [3.8, 4) is 0 Å². The fourth-order valence-electron chi connectivity index (χ4n) is 2.97. The molecule has 1 aliphatic heterocycles. The van der Waals surface area contributed by atoms with E-state index in [1.54, 1.807) is 43.4 Å². The molecule has 1 unspecified atom stereocenters. The maximum Gasteiger partial charge on any atom is 0.326 e. The van der Waals surface area contributed by atoms with Crippen molar-refractivity contribution in [2.24, 2.45) is 0 Å². The molecule has 6 nitrogen and oxygen atoms in total. The first-order chi connectivity index (χ1) is 12.9. The lowest BCUT2D eigenvalue weighted by atomic mass is 10.1. The molecule has 0 fully saturated rings. The molecule has 1 atom stereocenters. The Morgan fingerprint density at radius 1 is 1.07 bits per heavy atom. The lowest BCUT2D eigenvalue weighted by Crippen LogP contribution is -2.39. The third-order valence-corrected chi connectivity index (χ3v) is 4.46. The second-order valence-electron chi connectivity index (χ2n) is 6.25. The van der Waals surface area contributed by atoms with Crippen molar-refractivity contribution in [1.29, 1.82) is 0 Å². The third-order valence-electron chi connectivity index (χ3n) is 4.46. The van der Waals surface area contributed by atoms with Gasteiger partial charge in [0.1, 0.15) is 6.54 Å². The van der Waals surface area contributed by atoms with E-state index in [2.05, 4.69) is 6.58 Å². The van der Waals surface area contributed by atoms with Crippen LogP contribution in [-0.2, 0) is 14.3 Å². The Balaban J connectivity index is 1.62.